The van der Waals surface area contributed by atoms with Crippen molar-refractivity contribution >= 4 is 65.0 Å². The Hall–Kier alpha value is -6.03. The summed E-state index contributed by atoms with van der Waals surface area (Å²) in [4.78, 5) is 141. The normalized spacial score (nSPS) is 15.1. The van der Waals surface area contributed by atoms with Gasteiger partial charge in [-0.2, -0.15) is 0 Å². The number of unbranched alkanes of at least 4 members (excludes halogenated alkanes) is 2. The van der Waals surface area contributed by atoms with Gasteiger partial charge in [0.25, 0.3) is 0 Å². The van der Waals surface area contributed by atoms with E-state index >= 15 is 0 Å². The Balaban J connectivity index is 6.12. The minimum atomic E-state index is -1.77. The molecule has 0 rings (SSSR count). The molecule has 0 heterocycles. The highest BCUT2D eigenvalue weighted by atomic mass is 16.4. The highest BCUT2D eigenvalue weighted by molar-refractivity contribution is 5.98. The van der Waals surface area contributed by atoms with Crippen molar-refractivity contribution in [1.29, 1.82) is 0 Å². The number of carbonyl (C=O) groups is 11. The summed E-state index contributed by atoms with van der Waals surface area (Å²) in [5, 5.41) is 48.7. The Morgan fingerprint density at radius 1 is 0.449 bits per heavy atom. The van der Waals surface area contributed by atoms with Crippen LogP contribution in [0.4, 0.5) is 0 Å². The molecule has 0 spiro atoms. The van der Waals surface area contributed by atoms with E-state index in [4.69, 9.17) is 28.7 Å². The monoisotopic (exact) mass is 988 g/mol. The van der Waals surface area contributed by atoms with Gasteiger partial charge < -0.3 is 86.5 Å². The quantitative estimate of drug-likeness (QED) is 0.0260. The number of amides is 10. The second-order valence-electron chi connectivity index (χ2n) is 17.3. The molecule has 0 aliphatic heterocycles. The van der Waals surface area contributed by atoms with Gasteiger partial charge in [0.15, 0.2) is 0 Å². The molecule has 0 saturated carbocycles. The maximum absolute atomic E-state index is 13.6. The van der Waals surface area contributed by atoms with Crippen LogP contribution in [0.5, 0.6) is 0 Å². The molecule has 27 nitrogen and oxygen atoms in total. The molecular weight excluding hydrogens is 911 g/mol. The molecule has 69 heavy (non-hydrogen) atoms. The van der Waals surface area contributed by atoms with Crippen molar-refractivity contribution in [2.24, 2.45) is 40.5 Å². The summed E-state index contributed by atoms with van der Waals surface area (Å²) in [5.74, 6) is -11.3. The standard InChI is InChI=1S/C42H77N13O14/c1-21(2)18-28(39(65)51-27(13-15-32(47)59)38(64)55-33(22(3)4)42(68)69)52-34(60)23(5)48-36(62)25(11-7-9-17-44)50-40(66)29(19-56)54-41(67)30(20-57)53-37(63)26(12-14-31(46)58)49-35(61)24(45)10-6-8-16-43/h21-30,33,56-57H,6-20,43-45H2,1-5H3,(H2,46,58)(H2,47,59)(H,48,62)(H,49,61)(H,50,66)(H,51,65)(H,52,60)(H,53,63)(H,54,67)(H,55,64)(H,68,69)/t23-,24-,25-,26-,27-,28-,29-,30-,33-/m0/s1. The van der Waals surface area contributed by atoms with Crippen LogP contribution in [0.2, 0.25) is 0 Å². The van der Waals surface area contributed by atoms with Gasteiger partial charge in [-0.1, -0.05) is 34.1 Å². The van der Waals surface area contributed by atoms with E-state index in [2.05, 4.69) is 42.5 Å². The first-order valence-electron chi connectivity index (χ1n) is 22.9. The van der Waals surface area contributed by atoms with Crippen molar-refractivity contribution < 1.29 is 68.1 Å². The molecule has 0 saturated heterocycles. The number of nitrogens with one attached hydrogen (secondary N) is 8. The summed E-state index contributed by atoms with van der Waals surface area (Å²) in [6.07, 6.45) is 0.675. The number of nitrogens with two attached hydrogens (primary N) is 5. The van der Waals surface area contributed by atoms with E-state index in [-0.39, 0.29) is 63.8 Å². The van der Waals surface area contributed by atoms with Crippen molar-refractivity contribution in [1.82, 2.24) is 42.5 Å². The number of carboxylic acids is 1. The first-order valence-corrected chi connectivity index (χ1v) is 22.9. The maximum Gasteiger partial charge on any atom is 0.326 e. The summed E-state index contributed by atoms with van der Waals surface area (Å²) in [6.45, 7) is 6.36. The Bertz CT molecular complexity index is 1740. The molecule has 0 aliphatic carbocycles. The molecule has 0 fully saturated rings. The van der Waals surface area contributed by atoms with E-state index in [1.807, 2.05) is 0 Å². The van der Waals surface area contributed by atoms with Crippen molar-refractivity contribution in [3.8, 4) is 0 Å². The van der Waals surface area contributed by atoms with Gasteiger partial charge >= 0.3 is 5.97 Å². The molecule has 0 aromatic heterocycles. The Labute approximate surface area is 401 Å². The molecule has 0 aromatic carbocycles. The zero-order chi connectivity index (χ0) is 53.0. The number of aliphatic carboxylic acids is 1. The van der Waals surface area contributed by atoms with Crippen LogP contribution in [0, 0.1) is 11.8 Å². The molecule has 0 bridgehead atoms. The van der Waals surface area contributed by atoms with Crippen LogP contribution in [0.3, 0.4) is 0 Å². The minimum Gasteiger partial charge on any atom is -0.480 e. The highest BCUT2D eigenvalue weighted by Crippen LogP contribution is 2.10. The lowest BCUT2D eigenvalue weighted by atomic mass is 10.0. The third-order valence-corrected chi connectivity index (χ3v) is 10.5. The molecule has 10 amide bonds. The van der Waals surface area contributed by atoms with Crippen LogP contribution in [-0.2, 0) is 52.7 Å². The predicted octanol–water partition coefficient (Wildman–Crippen LogP) is -6.23. The fourth-order valence-electron chi connectivity index (χ4n) is 6.41. The van der Waals surface area contributed by atoms with Crippen molar-refractivity contribution in [3.05, 3.63) is 0 Å². The molecule has 0 aromatic rings. The van der Waals surface area contributed by atoms with Crippen LogP contribution in [0.15, 0.2) is 0 Å². The molecule has 9 atom stereocenters. The Kier molecular flexibility index (Phi) is 30.5. The van der Waals surface area contributed by atoms with Crippen molar-refractivity contribution in [3.63, 3.8) is 0 Å². The van der Waals surface area contributed by atoms with Crippen LogP contribution in [0.1, 0.15) is 105 Å². The number of primary amides is 2. The number of hydrogen-bond acceptors (Lipinski definition) is 16. The number of carbonyl (C=O) groups excluding carboxylic acids is 10. The fourth-order valence-corrected chi connectivity index (χ4v) is 6.41. The SMILES string of the molecule is CC(C)C[C@H](NC(=O)[C@H](C)NC(=O)[C@H](CCCCN)NC(=O)[C@H](CO)NC(=O)[C@H](CO)NC(=O)[C@H](CCC(N)=O)NC(=O)[C@@H](N)CCCCN)C(=O)N[C@@H](CCC(N)=O)C(=O)N[C@H](C(=O)O)C(C)C. The van der Waals surface area contributed by atoms with Crippen LogP contribution < -0.4 is 71.2 Å². The molecule has 394 valence electrons. The summed E-state index contributed by atoms with van der Waals surface area (Å²) < 4.78 is 0. The van der Waals surface area contributed by atoms with E-state index in [0.29, 0.717) is 25.8 Å². The highest BCUT2D eigenvalue weighted by Gasteiger charge is 2.35. The molecule has 0 unspecified atom stereocenters. The van der Waals surface area contributed by atoms with Crippen LogP contribution in [-0.4, -0.2) is 161 Å². The van der Waals surface area contributed by atoms with Gasteiger partial charge in [0.05, 0.1) is 19.3 Å². The van der Waals surface area contributed by atoms with Crippen LogP contribution in [0.25, 0.3) is 0 Å². The maximum atomic E-state index is 13.6. The van der Waals surface area contributed by atoms with E-state index in [0.717, 1.165) is 0 Å². The van der Waals surface area contributed by atoms with Gasteiger partial charge in [-0.3, -0.25) is 47.9 Å². The number of rotatable bonds is 36. The van der Waals surface area contributed by atoms with Gasteiger partial charge in [0, 0.05) is 12.8 Å². The zero-order valence-electron chi connectivity index (χ0n) is 40.2. The molecular formula is C42H77N13O14. The molecule has 27 heteroatoms. The summed E-state index contributed by atoms with van der Waals surface area (Å²) >= 11 is 0. The van der Waals surface area contributed by atoms with Crippen molar-refractivity contribution in [2.75, 3.05) is 26.3 Å². The average molecular weight is 988 g/mol. The van der Waals surface area contributed by atoms with Crippen molar-refractivity contribution in [2.45, 2.75) is 160 Å². The Morgan fingerprint density at radius 3 is 1.22 bits per heavy atom. The van der Waals surface area contributed by atoms with Gasteiger partial charge in [-0.15, -0.1) is 0 Å². The number of aliphatic hydroxyl groups is 2. The van der Waals surface area contributed by atoms with Gasteiger partial charge in [0.2, 0.25) is 59.1 Å². The Morgan fingerprint density at radius 2 is 0.812 bits per heavy atom. The van der Waals surface area contributed by atoms with E-state index in [9.17, 15) is 68.1 Å². The first kappa shape index (κ1) is 63.0. The first-order chi connectivity index (χ1) is 32.3. The predicted molar refractivity (Wildman–Crippen MR) is 248 cm³/mol. The van der Waals surface area contributed by atoms with E-state index in [1.165, 1.54) is 6.92 Å². The largest absolute Gasteiger partial charge is 0.480 e. The number of hydrogen-bond donors (Lipinski definition) is 16. The topological polar surface area (TPSA) is 475 Å². The summed E-state index contributed by atoms with van der Waals surface area (Å²) in [6, 6.07) is -12.8. The molecule has 21 N–H and O–H groups in total. The van der Waals surface area contributed by atoms with E-state index in [1.54, 1.807) is 27.7 Å². The molecule has 0 aliphatic rings. The third-order valence-electron chi connectivity index (χ3n) is 10.5. The average Bonchev–Trinajstić information content (AvgIpc) is 3.27. The smallest absolute Gasteiger partial charge is 0.326 e. The summed E-state index contributed by atoms with van der Waals surface area (Å²) in [7, 11) is 0. The van der Waals surface area contributed by atoms with Gasteiger partial charge in [-0.05, 0) is 83.2 Å². The van der Waals surface area contributed by atoms with E-state index < -0.39 is 139 Å². The fraction of sp³-hybridized carbons (Fsp3) is 0.738. The second kappa shape index (κ2) is 33.5. The third kappa shape index (κ3) is 25.2. The molecule has 0 radical (unpaired) electrons. The van der Waals surface area contributed by atoms with Gasteiger partial charge in [-0.25, -0.2) is 4.79 Å². The number of aliphatic hydroxyl groups excluding tert-OH is 2. The summed E-state index contributed by atoms with van der Waals surface area (Å²) in [5.41, 5.74) is 27.5. The zero-order valence-corrected chi connectivity index (χ0v) is 40.2. The van der Waals surface area contributed by atoms with Gasteiger partial charge in [0.1, 0.15) is 48.3 Å². The lowest BCUT2D eigenvalue weighted by molar-refractivity contribution is -0.143. The lowest BCUT2D eigenvalue weighted by Gasteiger charge is -2.27. The van der Waals surface area contributed by atoms with Crippen LogP contribution >= 0.6 is 0 Å². The second-order valence-corrected chi connectivity index (χ2v) is 17.3. The minimum absolute atomic E-state index is 0.0239. The number of carboxylic acid groups (broad SMARTS) is 1. The lowest BCUT2D eigenvalue weighted by Crippen LogP contribution is -2.61.